The summed E-state index contributed by atoms with van der Waals surface area (Å²) in [6.45, 7) is 5.60. The highest BCUT2D eigenvalue weighted by atomic mass is 16.5. The Hall–Kier alpha value is -0.940. The SMILES string of the molecule is CCCC(C)(N)c1nc(C2CCOCC2)no1. The second kappa shape index (κ2) is 5.14. The van der Waals surface area contributed by atoms with Gasteiger partial charge in [-0.25, -0.2) is 0 Å². The van der Waals surface area contributed by atoms with Crippen LogP contribution in [0.4, 0.5) is 0 Å². The molecule has 0 bridgehead atoms. The van der Waals surface area contributed by atoms with Crippen LogP contribution in [0.3, 0.4) is 0 Å². The van der Waals surface area contributed by atoms with Crippen LogP contribution in [-0.4, -0.2) is 23.4 Å². The molecular weight excluding hydrogens is 218 g/mol. The van der Waals surface area contributed by atoms with Gasteiger partial charge in [-0.2, -0.15) is 4.98 Å². The van der Waals surface area contributed by atoms with Gasteiger partial charge in [0.05, 0.1) is 5.54 Å². The highest BCUT2D eigenvalue weighted by Crippen LogP contribution is 2.27. The van der Waals surface area contributed by atoms with Crippen molar-refractivity contribution < 1.29 is 9.26 Å². The summed E-state index contributed by atoms with van der Waals surface area (Å²) in [7, 11) is 0. The average Bonchev–Trinajstić information content (AvgIpc) is 2.80. The van der Waals surface area contributed by atoms with E-state index >= 15 is 0 Å². The Morgan fingerprint density at radius 2 is 2.12 bits per heavy atom. The van der Waals surface area contributed by atoms with Crippen LogP contribution in [0.5, 0.6) is 0 Å². The van der Waals surface area contributed by atoms with Crippen LogP contribution in [0, 0.1) is 0 Å². The summed E-state index contributed by atoms with van der Waals surface area (Å²) in [4.78, 5) is 4.47. The molecule has 0 amide bonds. The predicted molar refractivity (Wildman–Crippen MR) is 63.5 cm³/mol. The maximum atomic E-state index is 6.17. The lowest BCUT2D eigenvalue weighted by atomic mass is 9.97. The molecule has 1 atom stereocenters. The summed E-state index contributed by atoms with van der Waals surface area (Å²) in [5.41, 5.74) is 5.66. The first kappa shape index (κ1) is 12.5. The first-order valence-electron chi connectivity index (χ1n) is 6.34. The first-order chi connectivity index (χ1) is 8.13. The third-order valence-electron chi connectivity index (χ3n) is 3.29. The van der Waals surface area contributed by atoms with E-state index in [1.807, 2.05) is 6.92 Å². The van der Waals surface area contributed by atoms with Gasteiger partial charge >= 0.3 is 0 Å². The molecule has 0 aromatic carbocycles. The van der Waals surface area contributed by atoms with Gasteiger partial charge in [-0.15, -0.1) is 0 Å². The number of nitrogens with two attached hydrogens (primary N) is 1. The van der Waals surface area contributed by atoms with Gasteiger partial charge in [-0.3, -0.25) is 0 Å². The molecule has 0 spiro atoms. The molecule has 0 saturated carbocycles. The van der Waals surface area contributed by atoms with Crippen LogP contribution in [0.2, 0.25) is 0 Å². The molecule has 2 rings (SSSR count). The Kier molecular flexibility index (Phi) is 3.79. The van der Waals surface area contributed by atoms with Crippen molar-refractivity contribution in [3.8, 4) is 0 Å². The van der Waals surface area contributed by atoms with Gasteiger partial charge in [0, 0.05) is 19.1 Å². The van der Waals surface area contributed by atoms with Crippen molar-refractivity contribution in [3.05, 3.63) is 11.7 Å². The zero-order valence-electron chi connectivity index (χ0n) is 10.6. The maximum Gasteiger partial charge on any atom is 0.246 e. The highest BCUT2D eigenvalue weighted by Gasteiger charge is 2.29. The molecular formula is C12H21N3O2. The van der Waals surface area contributed by atoms with Crippen molar-refractivity contribution in [3.63, 3.8) is 0 Å². The second-order valence-corrected chi connectivity index (χ2v) is 5.01. The topological polar surface area (TPSA) is 74.2 Å². The number of nitrogens with zero attached hydrogens (tertiary/aromatic N) is 2. The zero-order valence-corrected chi connectivity index (χ0v) is 10.6. The molecule has 5 heteroatoms. The van der Waals surface area contributed by atoms with Gasteiger partial charge in [0.25, 0.3) is 0 Å². The summed E-state index contributed by atoms with van der Waals surface area (Å²) in [5, 5.41) is 4.07. The van der Waals surface area contributed by atoms with Gasteiger partial charge < -0.3 is 15.0 Å². The van der Waals surface area contributed by atoms with Crippen molar-refractivity contribution in [2.75, 3.05) is 13.2 Å². The first-order valence-corrected chi connectivity index (χ1v) is 6.34. The van der Waals surface area contributed by atoms with Gasteiger partial charge in [-0.1, -0.05) is 18.5 Å². The molecule has 1 aromatic rings. The third kappa shape index (κ3) is 2.84. The fourth-order valence-electron chi connectivity index (χ4n) is 2.21. The van der Waals surface area contributed by atoms with E-state index in [9.17, 15) is 0 Å². The lowest BCUT2D eigenvalue weighted by Gasteiger charge is -2.19. The maximum absolute atomic E-state index is 6.17. The van der Waals surface area contributed by atoms with Gasteiger partial charge in [0.1, 0.15) is 0 Å². The molecule has 17 heavy (non-hydrogen) atoms. The van der Waals surface area contributed by atoms with E-state index < -0.39 is 5.54 Å². The van der Waals surface area contributed by atoms with E-state index in [1.165, 1.54) is 0 Å². The van der Waals surface area contributed by atoms with E-state index in [2.05, 4.69) is 17.1 Å². The van der Waals surface area contributed by atoms with Crippen LogP contribution in [0.15, 0.2) is 4.52 Å². The molecule has 0 aliphatic carbocycles. The van der Waals surface area contributed by atoms with Crippen LogP contribution >= 0.6 is 0 Å². The van der Waals surface area contributed by atoms with Crippen LogP contribution in [0.25, 0.3) is 0 Å². The fourth-order valence-corrected chi connectivity index (χ4v) is 2.21. The van der Waals surface area contributed by atoms with Crippen LogP contribution < -0.4 is 5.73 Å². The van der Waals surface area contributed by atoms with Crippen LogP contribution in [-0.2, 0) is 10.3 Å². The molecule has 1 unspecified atom stereocenters. The summed E-state index contributed by atoms with van der Waals surface area (Å²) in [6.07, 6.45) is 3.78. The summed E-state index contributed by atoms with van der Waals surface area (Å²) in [6, 6.07) is 0. The highest BCUT2D eigenvalue weighted by molar-refractivity contribution is 5.03. The minimum atomic E-state index is -0.509. The molecule has 1 saturated heterocycles. The van der Waals surface area contributed by atoms with E-state index in [4.69, 9.17) is 15.0 Å². The normalized spacial score (nSPS) is 21.4. The lowest BCUT2D eigenvalue weighted by Crippen LogP contribution is -2.33. The summed E-state index contributed by atoms with van der Waals surface area (Å²) >= 11 is 0. The van der Waals surface area contributed by atoms with Crippen molar-refractivity contribution in [1.82, 2.24) is 10.1 Å². The van der Waals surface area contributed by atoms with E-state index in [1.54, 1.807) is 0 Å². The Morgan fingerprint density at radius 1 is 1.41 bits per heavy atom. The Labute approximate surface area is 102 Å². The van der Waals surface area contributed by atoms with E-state index in [0.29, 0.717) is 11.8 Å². The van der Waals surface area contributed by atoms with Gasteiger partial charge in [0.2, 0.25) is 5.89 Å². The molecule has 5 nitrogen and oxygen atoms in total. The standard InChI is InChI=1S/C12H21N3O2/c1-3-6-12(2,13)11-14-10(15-17-11)9-4-7-16-8-5-9/h9H,3-8,13H2,1-2H3. The summed E-state index contributed by atoms with van der Waals surface area (Å²) < 4.78 is 10.6. The predicted octanol–water partition coefficient (Wildman–Crippen LogP) is 1.94. The Morgan fingerprint density at radius 3 is 2.76 bits per heavy atom. The third-order valence-corrected chi connectivity index (χ3v) is 3.29. The molecule has 2 heterocycles. The quantitative estimate of drug-likeness (QED) is 0.869. The summed E-state index contributed by atoms with van der Waals surface area (Å²) in [5.74, 6) is 1.70. The van der Waals surface area contributed by atoms with E-state index in [-0.39, 0.29) is 0 Å². The number of aromatic nitrogens is 2. The molecule has 96 valence electrons. The fraction of sp³-hybridized carbons (Fsp3) is 0.833. The van der Waals surface area contributed by atoms with Gasteiger partial charge in [0.15, 0.2) is 5.82 Å². The van der Waals surface area contributed by atoms with Crippen molar-refractivity contribution in [1.29, 1.82) is 0 Å². The molecule has 1 aliphatic heterocycles. The number of hydrogen-bond acceptors (Lipinski definition) is 5. The van der Waals surface area contributed by atoms with Crippen molar-refractivity contribution in [2.24, 2.45) is 5.73 Å². The minimum Gasteiger partial charge on any atom is -0.381 e. The monoisotopic (exact) mass is 239 g/mol. The largest absolute Gasteiger partial charge is 0.381 e. The number of ether oxygens (including phenoxy) is 1. The van der Waals surface area contributed by atoms with Crippen molar-refractivity contribution >= 4 is 0 Å². The number of rotatable bonds is 4. The molecule has 0 radical (unpaired) electrons. The second-order valence-electron chi connectivity index (χ2n) is 5.01. The lowest BCUT2D eigenvalue weighted by molar-refractivity contribution is 0.0830. The van der Waals surface area contributed by atoms with E-state index in [0.717, 1.165) is 44.7 Å². The molecule has 1 aromatic heterocycles. The van der Waals surface area contributed by atoms with Crippen molar-refractivity contribution in [2.45, 2.75) is 51.0 Å². The molecule has 2 N–H and O–H groups in total. The van der Waals surface area contributed by atoms with Crippen LogP contribution in [0.1, 0.15) is 57.2 Å². The average molecular weight is 239 g/mol. The van der Waals surface area contributed by atoms with Gasteiger partial charge in [-0.05, 0) is 26.2 Å². The Balaban J connectivity index is 2.09. The smallest absolute Gasteiger partial charge is 0.246 e. The Bertz CT molecular complexity index is 356. The zero-order chi connectivity index (χ0) is 12.3. The molecule has 1 aliphatic rings. The number of hydrogen-bond donors (Lipinski definition) is 1. The molecule has 1 fully saturated rings. The minimum absolute atomic E-state index is 0.360.